The lowest BCUT2D eigenvalue weighted by molar-refractivity contribution is -0.119. The lowest BCUT2D eigenvalue weighted by Gasteiger charge is -2.10. The first-order valence-corrected chi connectivity index (χ1v) is 9.84. The molecule has 0 saturated carbocycles. The highest BCUT2D eigenvalue weighted by Gasteiger charge is 2.17. The Morgan fingerprint density at radius 1 is 0.967 bits per heavy atom. The Kier molecular flexibility index (Phi) is 5.93. The van der Waals surface area contributed by atoms with E-state index in [9.17, 15) is 13.6 Å². The van der Waals surface area contributed by atoms with E-state index in [2.05, 4.69) is 51.8 Å². The zero-order valence-electron chi connectivity index (χ0n) is 16.3. The quantitative estimate of drug-likeness (QED) is 0.447. The van der Waals surface area contributed by atoms with Gasteiger partial charge < -0.3 is 15.4 Å². The van der Waals surface area contributed by atoms with Crippen LogP contribution in [0.3, 0.4) is 0 Å². The van der Waals surface area contributed by atoms with E-state index in [1.807, 2.05) is 6.07 Å². The Balaban J connectivity index is 1.22. The van der Waals surface area contributed by atoms with Crippen molar-refractivity contribution in [2.75, 3.05) is 18.4 Å². The van der Waals surface area contributed by atoms with Crippen molar-refractivity contribution >= 4 is 11.6 Å². The number of carbonyl (C=O) groups is 1. The zero-order valence-corrected chi connectivity index (χ0v) is 16.3. The number of nitrogens with one attached hydrogen (secondary N) is 2. The summed E-state index contributed by atoms with van der Waals surface area (Å²) in [5.74, 6) is 0.0240. The summed E-state index contributed by atoms with van der Waals surface area (Å²) in [4.78, 5) is 12.1. The molecule has 0 heterocycles. The number of hydrogen-bond acceptors (Lipinski definition) is 3. The van der Waals surface area contributed by atoms with Crippen LogP contribution >= 0.6 is 0 Å². The van der Waals surface area contributed by atoms with Crippen LogP contribution in [-0.2, 0) is 17.6 Å². The maximum Gasteiger partial charge on any atom is 0.387 e. The first kappa shape index (κ1) is 19.9. The number of alkyl halides is 2. The SMILES string of the molecule is O=C(CNc1ccc2c(c1)Cc1ccccc1-2)NCCc1ccc(OC(F)F)cc1. The number of amides is 1. The number of rotatable bonds is 8. The van der Waals surface area contributed by atoms with Gasteiger partial charge in [-0.1, -0.05) is 42.5 Å². The topological polar surface area (TPSA) is 50.4 Å². The first-order chi connectivity index (χ1) is 14.6. The number of benzene rings is 3. The molecule has 2 N–H and O–H groups in total. The molecule has 154 valence electrons. The molecule has 0 aromatic heterocycles. The van der Waals surface area contributed by atoms with Gasteiger partial charge in [0, 0.05) is 12.2 Å². The van der Waals surface area contributed by atoms with E-state index in [0.717, 1.165) is 17.7 Å². The predicted octanol–water partition coefficient (Wildman–Crippen LogP) is 4.63. The summed E-state index contributed by atoms with van der Waals surface area (Å²) >= 11 is 0. The van der Waals surface area contributed by atoms with Crippen LogP contribution in [0.2, 0.25) is 0 Å². The van der Waals surface area contributed by atoms with E-state index >= 15 is 0 Å². The van der Waals surface area contributed by atoms with Gasteiger partial charge in [0.05, 0.1) is 6.54 Å². The van der Waals surface area contributed by atoms with Gasteiger partial charge >= 0.3 is 6.61 Å². The molecule has 3 aromatic rings. The zero-order chi connectivity index (χ0) is 20.9. The van der Waals surface area contributed by atoms with Gasteiger partial charge in [-0.3, -0.25) is 4.79 Å². The van der Waals surface area contributed by atoms with E-state index in [-0.39, 0.29) is 18.2 Å². The third kappa shape index (κ3) is 4.76. The van der Waals surface area contributed by atoms with Gasteiger partial charge in [-0.05, 0) is 64.9 Å². The molecule has 1 aliphatic carbocycles. The third-order valence-corrected chi connectivity index (χ3v) is 5.13. The molecule has 4 nitrogen and oxygen atoms in total. The Labute approximate surface area is 173 Å². The largest absolute Gasteiger partial charge is 0.435 e. The van der Waals surface area contributed by atoms with Crippen molar-refractivity contribution in [3.05, 3.63) is 83.4 Å². The summed E-state index contributed by atoms with van der Waals surface area (Å²) in [5.41, 5.74) is 6.99. The number of carbonyl (C=O) groups excluding carboxylic acids is 1. The molecule has 0 unspecified atom stereocenters. The Morgan fingerprint density at radius 2 is 1.73 bits per heavy atom. The second kappa shape index (κ2) is 8.95. The Bertz CT molecular complexity index is 1040. The minimum atomic E-state index is -2.83. The van der Waals surface area contributed by atoms with Gasteiger partial charge in [0.25, 0.3) is 0 Å². The van der Waals surface area contributed by atoms with Crippen LogP contribution in [0.15, 0.2) is 66.7 Å². The summed E-state index contributed by atoms with van der Waals surface area (Å²) in [6, 6.07) is 21.0. The molecular formula is C24H22F2N2O2. The Hall–Kier alpha value is -3.41. The molecule has 0 aliphatic heterocycles. The monoisotopic (exact) mass is 408 g/mol. The summed E-state index contributed by atoms with van der Waals surface area (Å²) in [6.07, 6.45) is 1.52. The van der Waals surface area contributed by atoms with Crippen LogP contribution in [-0.4, -0.2) is 25.6 Å². The van der Waals surface area contributed by atoms with Crippen LogP contribution in [0.4, 0.5) is 14.5 Å². The Morgan fingerprint density at radius 3 is 2.53 bits per heavy atom. The van der Waals surface area contributed by atoms with Crippen molar-refractivity contribution in [2.24, 2.45) is 0 Å². The molecule has 0 atom stereocenters. The third-order valence-electron chi connectivity index (χ3n) is 5.13. The van der Waals surface area contributed by atoms with Gasteiger partial charge in [0.1, 0.15) is 5.75 Å². The van der Waals surface area contributed by atoms with E-state index in [1.165, 1.54) is 34.4 Å². The van der Waals surface area contributed by atoms with Crippen LogP contribution in [0.5, 0.6) is 5.75 Å². The van der Waals surface area contributed by atoms with Crippen molar-refractivity contribution < 1.29 is 18.3 Å². The van der Waals surface area contributed by atoms with Gasteiger partial charge in [0.2, 0.25) is 5.91 Å². The molecule has 0 bridgehead atoms. The van der Waals surface area contributed by atoms with Gasteiger partial charge in [-0.2, -0.15) is 8.78 Å². The predicted molar refractivity (Wildman–Crippen MR) is 113 cm³/mol. The lowest BCUT2D eigenvalue weighted by Crippen LogP contribution is -2.31. The summed E-state index contributed by atoms with van der Waals surface area (Å²) in [6.45, 7) is -2.18. The maximum absolute atomic E-state index is 12.2. The van der Waals surface area contributed by atoms with Gasteiger partial charge in [0.15, 0.2) is 0 Å². The first-order valence-electron chi connectivity index (χ1n) is 9.84. The average molecular weight is 408 g/mol. The molecule has 6 heteroatoms. The highest BCUT2D eigenvalue weighted by atomic mass is 19.3. The number of hydrogen-bond donors (Lipinski definition) is 2. The van der Waals surface area contributed by atoms with Crippen molar-refractivity contribution in [2.45, 2.75) is 19.5 Å². The van der Waals surface area contributed by atoms with Gasteiger partial charge in [-0.25, -0.2) is 0 Å². The van der Waals surface area contributed by atoms with Gasteiger partial charge in [-0.15, -0.1) is 0 Å². The number of ether oxygens (including phenoxy) is 1. The highest BCUT2D eigenvalue weighted by molar-refractivity contribution is 5.82. The van der Waals surface area contributed by atoms with Crippen LogP contribution in [0, 0.1) is 0 Å². The average Bonchev–Trinajstić information content (AvgIpc) is 3.11. The normalized spacial score (nSPS) is 11.7. The molecule has 0 saturated heterocycles. The fraction of sp³-hybridized carbons (Fsp3) is 0.208. The maximum atomic E-state index is 12.2. The molecule has 1 amide bonds. The van der Waals surface area contributed by atoms with Crippen LogP contribution < -0.4 is 15.4 Å². The molecule has 0 radical (unpaired) electrons. The molecule has 4 rings (SSSR count). The number of anilines is 1. The highest BCUT2D eigenvalue weighted by Crippen LogP contribution is 2.37. The molecule has 0 fully saturated rings. The summed E-state index contributed by atoms with van der Waals surface area (Å²) in [7, 11) is 0. The molecule has 0 spiro atoms. The molecule has 1 aliphatic rings. The summed E-state index contributed by atoms with van der Waals surface area (Å²) < 4.78 is 28.6. The fourth-order valence-electron chi connectivity index (χ4n) is 3.68. The molecule has 3 aromatic carbocycles. The van der Waals surface area contributed by atoms with Crippen LogP contribution in [0.1, 0.15) is 16.7 Å². The van der Waals surface area contributed by atoms with Crippen molar-refractivity contribution in [1.82, 2.24) is 5.32 Å². The molecule has 30 heavy (non-hydrogen) atoms. The van der Waals surface area contributed by atoms with E-state index in [4.69, 9.17) is 0 Å². The van der Waals surface area contributed by atoms with E-state index in [0.29, 0.717) is 13.0 Å². The van der Waals surface area contributed by atoms with E-state index in [1.54, 1.807) is 12.1 Å². The van der Waals surface area contributed by atoms with Crippen molar-refractivity contribution in [1.29, 1.82) is 0 Å². The minimum absolute atomic E-state index is 0.101. The van der Waals surface area contributed by atoms with Crippen molar-refractivity contribution in [3.8, 4) is 16.9 Å². The van der Waals surface area contributed by atoms with Crippen LogP contribution in [0.25, 0.3) is 11.1 Å². The molecular weight excluding hydrogens is 386 g/mol. The smallest absolute Gasteiger partial charge is 0.387 e. The lowest BCUT2D eigenvalue weighted by atomic mass is 10.1. The minimum Gasteiger partial charge on any atom is -0.435 e. The summed E-state index contributed by atoms with van der Waals surface area (Å²) in [5, 5.41) is 6.04. The second-order valence-electron chi connectivity index (χ2n) is 7.18. The van der Waals surface area contributed by atoms with E-state index < -0.39 is 6.61 Å². The number of halogens is 2. The number of fused-ring (bicyclic) bond motifs is 3. The van der Waals surface area contributed by atoms with Crippen molar-refractivity contribution in [3.63, 3.8) is 0 Å². The standard InChI is InChI=1S/C24H22F2N2O2/c25-24(26)30-20-8-5-16(6-9-20)11-12-27-23(29)15-28-19-7-10-22-18(14-19)13-17-3-1-2-4-21(17)22/h1-10,14,24,28H,11-13,15H2,(H,27,29). The fourth-order valence-corrected chi connectivity index (χ4v) is 3.68. The second-order valence-corrected chi connectivity index (χ2v) is 7.18.